The van der Waals surface area contributed by atoms with Crippen LogP contribution in [0.5, 0.6) is 0 Å². The number of aryl methyl sites for hydroxylation is 1. The van der Waals surface area contributed by atoms with E-state index in [2.05, 4.69) is 55.4 Å². The van der Waals surface area contributed by atoms with Gasteiger partial charge in [-0.2, -0.15) is 0 Å². The predicted molar refractivity (Wildman–Crippen MR) is 79.3 cm³/mol. The SMILES string of the molecule is CCN(CC1CCCC1NC)c1cccc(C)c1. The third kappa shape index (κ3) is 3.05. The van der Waals surface area contributed by atoms with Gasteiger partial charge in [-0.25, -0.2) is 0 Å². The zero-order valence-corrected chi connectivity index (χ0v) is 11.9. The van der Waals surface area contributed by atoms with Crippen LogP contribution in [0.2, 0.25) is 0 Å². The maximum absolute atomic E-state index is 3.48. The third-order valence-corrected chi connectivity index (χ3v) is 4.23. The van der Waals surface area contributed by atoms with Gasteiger partial charge in [0.25, 0.3) is 0 Å². The van der Waals surface area contributed by atoms with Crippen molar-refractivity contribution in [3.05, 3.63) is 29.8 Å². The lowest BCUT2D eigenvalue weighted by Crippen LogP contribution is -2.38. The molecule has 2 rings (SSSR count). The van der Waals surface area contributed by atoms with E-state index in [0.29, 0.717) is 6.04 Å². The standard InChI is InChI=1S/C16H26N2/c1-4-18(15-9-5-7-13(2)11-15)12-14-8-6-10-16(14)17-3/h5,7,9,11,14,16-17H,4,6,8,10,12H2,1-3H3. The molecule has 0 aromatic heterocycles. The van der Waals surface area contributed by atoms with Crippen LogP contribution in [0.3, 0.4) is 0 Å². The maximum Gasteiger partial charge on any atom is 0.0368 e. The van der Waals surface area contributed by atoms with E-state index in [1.165, 1.54) is 37.1 Å². The molecule has 0 amide bonds. The van der Waals surface area contributed by atoms with Gasteiger partial charge in [-0.1, -0.05) is 18.6 Å². The summed E-state index contributed by atoms with van der Waals surface area (Å²) in [5, 5.41) is 3.48. The number of benzene rings is 1. The number of nitrogens with one attached hydrogen (secondary N) is 1. The first-order valence-corrected chi connectivity index (χ1v) is 7.23. The van der Waals surface area contributed by atoms with Crippen molar-refractivity contribution in [1.29, 1.82) is 0 Å². The number of hydrogen-bond donors (Lipinski definition) is 1. The highest BCUT2D eigenvalue weighted by Gasteiger charge is 2.27. The van der Waals surface area contributed by atoms with E-state index in [4.69, 9.17) is 0 Å². The summed E-state index contributed by atoms with van der Waals surface area (Å²) in [4.78, 5) is 2.52. The first-order valence-electron chi connectivity index (χ1n) is 7.23. The summed E-state index contributed by atoms with van der Waals surface area (Å²) in [7, 11) is 2.10. The minimum atomic E-state index is 0.712. The molecular weight excluding hydrogens is 220 g/mol. The van der Waals surface area contributed by atoms with E-state index < -0.39 is 0 Å². The minimum absolute atomic E-state index is 0.712. The van der Waals surface area contributed by atoms with Crippen molar-refractivity contribution in [3.63, 3.8) is 0 Å². The van der Waals surface area contributed by atoms with Crippen molar-refractivity contribution in [2.24, 2.45) is 5.92 Å². The second kappa shape index (κ2) is 6.24. The highest BCUT2D eigenvalue weighted by molar-refractivity contribution is 5.48. The van der Waals surface area contributed by atoms with Gasteiger partial charge in [0.05, 0.1) is 0 Å². The molecule has 0 radical (unpaired) electrons. The van der Waals surface area contributed by atoms with Crippen molar-refractivity contribution in [2.75, 3.05) is 25.0 Å². The summed E-state index contributed by atoms with van der Waals surface area (Å²) in [6.07, 6.45) is 4.09. The Bertz CT molecular complexity index is 375. The quantitative estimate of drug-likeness (QED) is 0.858. The first kappa shape index (κ1) is 13.4. The molecule has 18 heavy (non-hydrogen) atoms. The molecule has 1 aliphatic rings. The third-order valence-electron chi connectivity index (χ3n) is 4.23. The Morgan fingerprint density at radius 2 is 2.17 bits per heavy atom. The van der Waals surface area contributed by atoms with Crippen molar-refractivity contribution >= 4 is 5.69 Å². The average Bonchev–Trinajstić information content (AvgIpc) is 2.83. The number of anilines is 1. The molecule has 2 unspecified atom stereocenters. The molecule has 2 atom stereocenters. The van der Waals surface area contributed by atoms with Crippen LogP contribution in [0.1, 0.15) is 31.7 Å². The van der Waals surface area contributed by atoms with Crippen LogP contribution in [0.15, 0.2) is 24.3 Å². The molecule has 1 N–H and O–H groups in total. The van der Waals surface area contributed by atoms with Crippen LogP contribution >= 0.6 is 0 Å². The fraction of sp³-hybridized carbons (Fsp3) is 0.625. The zero-order chi connectivity index (χ0) is 13.0. The molecule has 1 fully saturated rings. The fourth-order valence-electron chi connectivity index (χ4n) is 3.16. The van der Waals surface area contributed by atoms with Gasteiger partial charge < -0.3 is 10.2 Å². The normalized spacial score (nSPS) is 23.3. The van der Waals surface area contributed by atoms with Gasteiger partial charge in [-0.05, 0) is 57.4 Å². The fourth-order valence-corrected chi connectivity index (χ4v) is 3.16. The molecule has 1 saturated carbocycles. The van der Waals surface area contributed by atoms with Gasteiger partial charge in [0.15, 0.2) is 0 Å². The molecule has 2 nitrogen and oxygen atoms in total. The van der Waals surface area contributed by atoms with Crippen LogP contribution in [0.25, 0.3) is 0 Å². The molecule has 2 heteroatoms. The van der Waals surface area contributed by atoms with Crippen LogP contribution in [0.4, 0.5) is 5.69 Å². The summed E-state index contributed by atoms with van der Waals surface area (Å²) in [6, 6.07) is 9.58. The first-order chi connectivity index (χ1) is 8.74. The monoisotopic (exact) mass is 246 g/mol. The summed E-state index contributed by atoms with van der Waals surface area (Å²) in [5.41, 5.74) is 2.72. The van der Waals surface area contributed by atoms with Gasteiger partial charge in [0.1, 0.15) is 0 Å². The molecule has 0 bridgehead atoms. The van der Waals surface area contributed by atoms with E-state index in [9.17, 15) is 0 Å². The van der Waals surface area contributed by atoms with Gasteiger partial charge in [0, 0.05) is 24.8 Å². The van der Waals surface area contributed by atoms with Crippen molar-refractivity contribution < 1.29 is 0 Å². The maximum atomic E-state index is 3.48. The Labute approximate surface area is 111 Å². The minimum Gasteiger partial charge on any atom is -0.371 e. The summed E-state index contributed by atoms with van der Waals surface area (Å²) >= 11 is 0. The van der Waals surface area contributed by atoms with Crippen LogP contribution in [-0.2, 0) is 0 Å². The van der Waals surface area contributed by atoms with E-state index >= 15 is 0 Å². The number of nitrogens with zero attached hydrogens (tertiary/aromatic N) is 1. The molecule has 0 saturated heterocycles. The molecule has 0 heterocycles. The lowest BCUT2D eigenvalue weighted by molar-refractivity contribution is 0.424. The average molecular weight is 246 g/mol. The Balaban J connectivity index is 2.05. The number of hydrogen-bond acceptors (Lipinski definition) is 2. The summed E-state index contributed by atoms with van der Waals surface area (Å²) in [6.45, 7) is 6.71. The van der Waals surface area contributed by atoms with Gasteiger partial charge in [-0.15, -0.1) is 0 Å². The topological polar surface area (TPSA) is 15.3 Å². The Hall–Kier alpha value is -1.02. The molecular formula is C16H26N2. The van der Waals surface area contributed by atoms with E-state index in [1.807, 2.05) is 0 Å². The summed E-state index contributed by atoms with van der Waals surface area (Å²) in [5.74, 6) is 0.801. The molecule has 1 aromatic rings. The van der Waals surface area contributed by atoms with Crippen molar-refractivity contribution in [1.82, 2.24) is 5.32 Å². The molecule has 0 spiro atoms. The highest BCUT2D eigenvalue weighted by atomic mass is 15.1. The lowest BCUT2D eigenvalue weighted by atomic mass is 10.0. The molecule has 1 aliphatic carbocycles. The highest BCUT2D eigenvalue weighted by Crippen LogP contribution is 2.28. The molecule has 1 aromatic carbocycles. The van der Waals surface area contributed by atoms with Crippen molar-refractivity contribution in [3.8, 4) is 0 Å². The second-order valence-electron chi connectivity index (χ2n) is 5.46. The van der Waals surface area contributed by atoms with Crippen molar-refractivity contribution in [2.45, 2.75) is 39.2 Å². The van der Waals surface area contributed by atoms with Gasteiger partial charge >= 0.3 is 0 Å². The van der Waals surface area contributed by atoms with Crippen LogP contribution in [0, 0.1) is 12.8 Å². The van der Waals surface area contributed by atoms with E-state index in [1.54, 1.807) is 0 Å². The Morgan fingerprint density at radius 1 is 1.33 bits per heavy atom. The Morgan fingerprint density at radius 3 is 2.83 bits per heavy atom. The Kier molecular flexibility index (Phi) is 4.65. The van der Waals surface area contributed by atoms with Crippen LogP contribution < -0.4 is 10.2 Å². The zero-order valence-electron chi connectivity index (χ0n) is 11.9. The predicted octanol–water partition coefficient (Wildman–Crippen LogP) is 3.21. The summed E-state index contributed by atoms with van der Waals surface area (Å²) < 4.78 is 0. The number of rotatable bonds is 5. The molecule has 100 valence electrons. The second-order valence-corrected chi connectivity index (χ2v) is 5.46. The van der Waals surface area contributed by atoms with Gasteiger partial charge in [0.2, 0.25) is 0 Å². The molecule has 0 aliphatic heterocycles. The van der Waals surface area contributed by atoms with E-state index in [0.717, 1.165) is 12.5 Å². The largest absolute Gasteiger partial charge is 0.371 e. The van der Waals surface area contributed by atoms with Crippen LogP contribution in [-0.4, -0.2) is 26.2 Å². The van der Waals surface area contributed by atoms with E-state index in [-0.39, 0.29) is 0 Å². The lowest BCUT2D eigenvalue weighted by Gasteiger charge is -2.29. The smallest absolute Gasteiger partial charge is 0.0368 e. The van der Waals surface area contributed by atoms with Gasteiger partial charge in [-0.3, -0.25) is 0 Å².